The third-order valence-electron chi connectivity index (χ3n) is 3.04. The lowest BCUT2D eigenvalue weighted by molar-refractivity contribution is 0.628. The molecule has 0 bridgehead atoms. The highest BCUT2D eigenvalue weighted by molar-refractivity contribution is 6.33. The van der Waals surface area contributed by atoms with E-state index in [0.29, 0.717) is 16.7 Å². The molecule has 0 saturated heterocycles. The number of para-hydroxylation sites is 1. The van der Waals surface area contributed by atoms with Crippen LogP contribution < -0.4 is 5.32 Å². The van der Waals surface area contributed by atoms with E-state index in [9.17, 15) is 4.39 Å². The normalized spacial score (nSPS) is 10.6. The fourth-order valence-electron chi connectivity index (χ4n) is 2.09. The highest BCUT2D eigenvalue weighted by Crippen LogP contribution is 2.27. The van der Waals surface area contributed by atoms with Crippen LogP contribution in [0.5, 0.6) is 0 Å². The van der Waals surface area contributed by atoms with Crippen molar-refractivity contribution in [2.75, 3.05) is 5.32 Å². The second kappa shape index (κ2) is 5.58. The van der Waals surface area contributed by atoms with Gasteiger partial charge in [0, 0.05) is 11.9 Å². The first-order valence-corrected chi connectivity index (χ1v) is 6.85. The molecule has 0 aliphatic carbocycles. The molecule has 1 heterocycles. The van der Waals surface area contributed by atoms with Crippen LogP contribution in [0.2, 0.25) is 5.02 Å². The summed E-state index contributed by atoms with van der Waals surface area (Å²) in [6.07, 6.45) is 1.91. The fourth-order valence-corrected chi connectivity index (χ4v) is 2.25. The van der Waals surface area contributed by atoms with Gasteiger partial charge in [-0.15, -0.1) is 0 Å². The van der Waals surface area contributed by atoms with Crippen molar-refractivity contribution in [3.8, 4) is 5.69 Å². The SMILES string of the molecule is Cc1cn(-c2ccccc2)c(Nc2cc(F)ccc2Cl)n1. The quantitative estimate of drug-likeness (QED) is 0.759. The molecule has 21 heavy (non-hydrogen) atoms. The number of aromatic nitrogens is 2. The zero-order valence-electron chi connectivity index (χ0n) is 11.3. The van der Waals surface area contributed by atoms with Crippen molar-refractivity contribution in [1.82, 2.24) is 9.55 Å². The lowest BCUT2D eigenvalue weighted by Crippen LogP contribution is -2.01. The van der Waals surface area contributed by atoms with Gasteiger partial charge in [0.1, 0.15) is 5.82 Å². The smallest absolute Gasteiger partial charge is 0.212 e. The zero-order chi connectivity index (χ0) is 14.8. The van der Waals surface area contributed by atoms with Gasteiger partial charge in [-0.05, 0) is 37.3 Å². The molecule has 0 atom stereocenters. The molecule has 5 heteroatoms. The molecule has 0 radical (unpaired) electrons. The van der Waals surface area contributed by atoms with Gasteiger partial charge in [-0.2, -0.15) is 0 Å². The van der Waals surface area contributed by atoms with Gasteiger partial charge in [-0.3, -0.25) is 4.57 Å². The van der Waals surface area contributed by atoms with Crippen molar-refractivity contribution in [2.24, 2.45) is 0 Å². The molecule has 0 aliphatic heterocycles. The maximum absolute atomic E-state index is 13.4. The molecule has 3 rings (SSSR count). The minimum atomic E-state index is -0.351. The molecule has 106 valence electrons. The minimum Gasteiger partial charge on any atom is -0.324 e. The number of imidazole rings is 1. The van der Waals surface area contributed by atoms with E-state index in [0.717, 1.165) is 11.4 Å². The Morgan fingerprint density at radius 2 is 1.90 bits per heavy atom. The molecule has 0 unspecified atom stereocenters. The van der Waals surface area contributed by atoms with Crippen LogP contribution in [-0.2, 0) is 0 Å². The Morgan fingerprint density at radius 1 is 1.14 bits per heavy atom. The number of benzene rings is 2. The summed E-state index contributed by atoms with van der Waals surface area (Å²) < 4.78 is 15.3. The molecular weight excluding hydrogens is 289 g/mol. The average molecular weight is 302 g/mol. The summed E-state index contributed by atoms with van der Waals surface area (Å²) in [6.45, 7) is 1.90. The summed E-state index contributed by atoms with van der Waals surface area (Å²) >= 11 is 6.09. The van der Waals surface area contributed by atoms with Crippen molar-refractivity contribution in [3.05, 3.63) is 71.3 Å². The van der Waals surface area contributed by atoms with Crippen LogP contribution in [0, 0.1) is 12.7 Å². The van der Waals surface area contributed by atoms with Gasteiger partial charge >= 0.3 is 0 Å². The van der Waals surface area contributed by atoms with Crippen LogP contribution >= 0.6 is 11.6 Å². The second-order valence-corrected chi connectivity index (χ2v) is 5.07. The summed E-state index contributed by atoms with van der Waals surface area (Å²) in [7, 11) is 0. The Bertz CT molecular complexity index is 768. The van der Waals surface area contributed by atoms with Gasteiger partial charge in [-0.25, -0.2) is 9.37 Å². The third kappa shape index (κ3) is 2.90. The van der Waals surface area contributed by atoms with Gasteiger partial charge in [0.25, 0.3) is 0 Å². The van der Waals surface area contributed by atoms with E-state index in [-0.39, 0.29) is 5.82 Å². The highest BCUT2D eigenvalue weighted by atomic mass is 35.5. The number of anilines is 2. The second-order valence-electron chi connectivity index (χ2n) is 4.66. The first-order chi connectivity index (χ1) is 10.1. The van der Waals surface area contributed by atoms with Crippen LogP contribution in [0.25, 0.3) is 5.69 Å². The number of aryl methyl sites for hydroxylation is 1. The minimum absolute atomic E-state index is 0.351. The monoisotopic (exact) mass is 301 g/mol. The number of rotatable bonds is 3. The van der Waals surface area contributed by atoms with E-state index < -0.39 is 0 Å². The van der Waals surface area contributed by atoms with E-state index in [2.05, 4.69) is 10.3 Å². The Hall–Kier alpha value is -2.33. The molecule has 0 saturated carbocycles. The zero-order valence-corrected chi connectivity index (χ0v) is 12.1. The molecule has 3 aromatic rings. The molecule has 1 aromatic heterocycles. The Balaban J connectivity index is 2.02. The van der Waals surface area contributed by atoms with Crippen LogP contribution in [0.15, 0.2) is 54.7 Å². The Morgan fingerprint density at radius 3 is 2.67 bits per heavy atom. The van der Waals surface area contributed by atoms with Gasteiger partial charge in [0.2, 0.25) is 5.95 Å². The number of halogens is 2. The highest BCUT2D eigenvalue weighted by Gasteiger charge is 2.10. The molecular formula is C16H13ClFN3. The Labute approximate surface area is 127 Å². The predicted octanol–water partition coefficient (Wildman–Crippen LogP) is 4.72. The summed E-state index contributed by atoms with van der Waals surface area (Å²) in [5.74, 6) is 0.239. The molecule has 0 aliphatic rings. The maximum Gasteiger partial charge on any atom is 0.212 e. The lowest BCUT2D eigenvalue weighted by Gasteiger charge is -2.11. The van der Waals surface area contributed by atoms with E-state index in [1.54, 1.807) is 0 Å². The fraction of sp³-hybridized carbons (Fsp3) is 0.0625. The molecule has 0 amide bonds. The van der Waals surface area contributed by atoms with Crippen molar-refractivity contribution < 1.29 is 4.39 Å². The topological polar surface area (TPSA) is 29.9 Å². The van der Waals surface area contributed by atoms with Crippen molar-refractivity contribution in [3.63, 3.8) is 0 Å². The molecule has 0 spiro atoms. The van der Waals surface area contributed by atoms with E-state index in [1.165, 1.54) is 18.2 Å². The van der Waals surface area contributed by atoms with Gasteiger partial charge in [0.05, 0.1) is 16.4 Å². The maximum atomic E-state index is 13.4. The molecule has 2 aromatic carbocycles. The summed E-state index contributed by atoms with van der Waals surface area (Å²) in [6, 6.07) is 14.0. The van der Waals surface area contributed by atoms with Crippen LogP contribution in [-0.4, -0.2) is 9.55 Å². The predicted molar refractivity (Wildman–Crippen MR) is 83.0 cm³/mol. The third-order valence-corrected chi connectivity index (χ3v) is 3.37. The average Bonchev–Trinajstić information content (AvgIpc) is 2.85. The summed E-state index contributed by atoms with van der Waals surface area (Å²) in [5.41, 5.74) is 2.31. The van der Waals surface area contributed by atoms with E-state index in [1.807, 2.05) is 48.0 Å². The largest absolute Gasteiger partial charge is 0.324 e. The van der Waals surface area contributed by atoms with Crippen LogP contribution in [0.1, 0.15) is 5.69 Å². The van der Waals surface area contributed by atoms with Gasteiger partial charge in [0.15, 0.2) is 0 Å². The number of hydrogen-bond donors (Lipinski definition) is 1. The number of nitrogens with zero attached hydrogens (tertiary/aromatic N) is 2. The standard InChI is InChI=1S/C16H13ClFN3/c1-11-10-21(13-5-3-2-4-6-13)16(19-11)20-15-9-12(18)7-8-14(15)17/h2-10H,1H3,(H,19,20). The van der Waals surface area contributed by atoms with Crippen LogP contribution in [0.4, 0.5) is 16.0 Å². The molecule has 3 nitrogen and oxygen atoms in total. The van der Waals surface area contributed by atoms with Crippen molar-refractivity contribution in [1.29, 1.82) is 0 Å². The lowest BCUT2D eigenvalue weighted by atomic mass is 10.3. The number of nitrogens with one attached hydrogen (secondary N) is 1. The number of hydrogen-bond acceptors (Lipinski definition) is 2. The van der Waals surface area contributed by atoms with Crippen molar-refractivity contribution >= 4 is 23.2 Å². The van der Waals surface area contributed by atoms with Crippen LogP contribution in [0.3, 0.4) is 0 Å². The first kappa shape index (κ1) is 13.6. The van der Waals surface area contributed by atoms with Crippen molar-refractivity contribution in [2.45, 2.75) is 6.92 Å². The summed E-state index contributed by atoms with van der Waals surface area (Å²) in [4.78, 5) is 4.42. The Kier molecular flexibility index (Phi) is 3.62. The van der Waals surface area contributed by atoms with Gasteiger partial charge in [-0.1, -0.05) is 29.8 Å². The molecule has 1 N–H and O–H groups in total. The van der Waals surface area contributed by atoms with E-state index in [4.69, 9.17) is 11.6 Å². The first-order valence-electron chi connectivity index (χ1n) is 6.47. The van der Waals surface area contributed by atoms with E-state index >= 15 is 0 Å². The summed E-state index contributed by atoms with van der Waals surface area (Å²) in [5, 5.41) is 3.52. The van der Waals surface area contributed by atoms with Gasteiger partial charge < -0.3 is 5.32 Å². The molecule has 0 fully saturated rings.